The van der Waals surface area contributed by atoms with E-state index in [9.17, 15) is 4.79 Å². The van der Waals surface area contributed by atoms with Crippen molar-refractivity contribution < 1.29 is 4.79 Å². The normalized spacial score (nSPS) is 12.6. The van der Waals surface area contributed by atoms with Crippen LogP contribution in [0.15, 0.2) is 0 Å². The largest absolute Gasteiger partial charge is 0.338 e. The molecule has 0 aliphatic rings. The minimum atomic E-state index is -0.0830. The number of amides is 2. The lowest BCUT2D eigenvalue weighted by molar-refractivity contribution is 0.238. The molecule has 0 heterocycles. The fourth-order valence-corrected chi connectivity index (χ4v) is 1.08. The number of carbonyl (C=O) groups excluding carboxylic acids is 1. The maximum Gasteiger partial charge on any atom is 0.314 e. The molecule has 2 amide bonds. The van der Waals surface area contributed by atoms with E-state index in [0.29, 0.717) is 5.92 Å². The Balaban J connectivity index is 3.31. The van der Waals surface area contributed by atoms with E-state index in [1.807, 2.05) is 13.8 Å². The highest BCUT2D eigenvalue weighted by Gasteiger charge is 2.02. The lowest BCUT2D eigenvalue weighted by atomic mass is 10.1. The third-order valence-electron chi connectivity index (χ3n) is 1.98. The van der Waals surface area contributed by atoms with Gasteiger partial charge in [0.15, 0.2) is 0 Å². The van der Waals surface area contributed by atoms with Gasteiger partial charge in [0, 0.05) is 12.6 Å². The minimum Gasteiger partial charge on any atom is -0.338 e. The highest BCUT2D eigenvalue weighted by molar-refractivity contribution is 5.73. The van der Waals surface area contributed by atoms with Crippen molar-refractivity contribution in [3.8, 4) is 0 Å². The molecule has 4 nitrogen and oxygen atoms in total. The van der Waals surface area contributed by atoms with Crippen LogP contribution >= 0.6 is 0 Å². The molecule has 0 spiro atoms. The minimum absolute atomic E-state index is 0.0830. The van der Waals surface area contributed by atoms with Gasteiger partial charge in [-0.25, -0.2) is 4.79 Å². The van der Waals surface area contributed by atoms with Crippen LogP contribution in [0.1, 0.15) is 33.6 Å². The number of rotatable bonds is 6. The molecule has 0 aliphatic carbocycles. The zero-order valence-corrected chi connectivity index (χ0v) is 9.47. The number of urea groups is 1. The van der Waals surface area contributed by atoms with Crippen LogP contribution in [0.2, 0.25) is 0 Å². The number of hydrogen-bond donors (Lipinski definition) is 3. The molecule has 1 unspecified atom stereocenters. The summed E-state index contributed by atoms with van der Waals surface area (Å²) in [5, 5.41) is 5.57. The van der Waals surface area contributed by atoms with Gasteiger partial charge in [-0.1, -0.05) is 6.92 Å². The Morgan fingerprint density at radius 1 is 1.36 bits per heavy atom. The first kappa shape index (κ1) is 13.2. The molecule has 0 aliphatic heterocycles. The second-order valence-corrected chi connectivity index (χ2v) is 4.04. The van der Waals surface area contributed by atoms with E-state index in [4.69, 9.17) is 5.73 Å². The van der Waals surface area contributed by atoms with E-state index in [-0.39, 0.29) is 12.1 Å². The first-order chi connectivity index (χ1) is 6.56. The van der Waals surface area contributed by atoms with Gasteiger partial charge in [-0.15, -0.1) is 0 Å². The molecule has 0 aromatic carbocycles. The molecule has 0 fully saturated rings. The van der Waals surface area contributed by atoms with Gasteiger partial charge in [0.05, 0.1) is 0 Å². The lowest BCUT2D eigenvalue weighted by Gasteiger charge is -2.11. The van der Waals surface area contributed by atoms with E-state index in [2.05, 4.69) is 17.6 Å². The molecule has 0 saturated heterocycles. The zero-order valence-electron chi connectivity index (χ0n) is 9.47. The fraction of sp³-hybridized carbons (Fsp3) is 0.900. The van der Waals surface area contributed by atoms with Crippen LogP contribution in [0, 0.1) is 5.92 Å². The van der Waals surface area contributed by atoms with E-state index < -0.39 is 0 Å². The Hall–Kier alpha value is -0.770. The topological polar surface area (TPSA) is 67.1 Å². The number of nitrogens with two attached hydrogens (primary N) is 1. The highest BCUT2D eigenvalue weighted by Crippen LogP contribution is 2.01. The maximum absolute atomic E-state index is 11.1. The van der Waals surface area contributed by atoms with Crippen molar-refractivity contribution in [2.45, 2.75) is 39.7 Å². The van der Waals surface area contributed by atoms with Gasteiger partial charge in [0.1, 0.15) is 0 Å². The third kappa shape index (κ3) is 7.86. The standard InChI is InChI=1S/C10H23N3O/c1-8(2)13-10(14)12-6-4-5-9(3)7-11/h8-9H,4-7,11H2,1-3H3,(H2,12,13,14). The van der Waals surface area contributed by atoms with Crippen LogP contribution in [0.3, 0.4) is 0 Å². The van der Waals surface area contributed by atoms with Gasteiger partial charge in [-0.2, -0.15) is 0 Å². The van der Waals surface area contributed by atoms with Crippen molar-refractivity contribution in [1.29, 1.82) is 0 Å². The van der Waals surface area contributed by atoms with Crippen LogP contribution in [-0.2, 0) is 0 Å². The van der Waals surface area contributed by atoms with Crippen LogP contribution in [0.25, 0.3) is 0 Å². The molecule has 0 saturated carbocycles. The van der Waals surface area contributed by atoms with E-state index in [0.717, 1.165) is 25.9 Å². The zero-order chi connectivity index (χ0) is 11.0. The summed E-state index contributed by atoms with van der Waals surface area (Å²) in [7, 11) is 0. The van der Waals surface area contributed by atoms with Crippen molar-refractivity contribution >= 4 is 6.03 Å². The Labute approximate surface area is 86.6 Å². The Morgan fingerprint density at radius 3 is 2.50 bits per heavy atom. The quantitative estimate of drug-likeness (QED) is 0.563. The van der Waals surface area contributed by atoms with Gasteiger partial charge in [0.25, 0.3) is 0 Å². The van der Waals surface area contributed by atoms with E-state index in [1.165, 1.54) is 0 Å². The molecular formula is C10H23N3O. The number of nitrogens with one attached hydrogen (secondary N) is 2. The van der Waals surface area contributed by atoms with Crippen molar-refractivity contribution in [1.82, 2.24) is 10.6 Å². The van der Waals surface area contributed by atoms with Crippen molar-refractivity contribution in [2.24, 2.45) is 11.7 Å². The predicted molar refractivity (Wildman–Crippen MR) is 59.1 cm³/mol. The van der Waals surface area contributed by atoms with E-state index >= 15 is 0 Å². The molecule has 0 bridgehead atoms. The highest BCUT2D eigenvalue weighted by atomic mass is 16.2. The number of carbonyl (C=O) groups is 1. The molecule has 1 atom stereocenters. The van der Waals surface area contributed by atoms with Gasteiger partial charge >= 0.3 is 6.03 Å². The fourth-order valence-electron chi connectivity index (χ4n) is 1.08. The average molecular weight is 201 g/mol. The molecule has 4 N–H and O–H groups in total. The summed E-state index contributed by atoms with van der Waals surface area (Å²) in [4.78, 5) is 11.1. The summed E-state index contributed by atoms with van der Waals surface area (Å²) in [5.41, 5.74) is 5.48. The molecule has 0 aromatic rings. The van der Waals surface area contributed by atoms with Gasteiger partial charge in [0.2, 0.25) is 0 Å². The molecule has 14 heavy (non-hydrogen) atoms. The van der Waals surface area contributed by atoms with Crippen LogP contribution in [-0.4, -0.2) is 25.2 Å². The van der Waals surface area contributed by atoms with Crippen LogP contribution in [0.5, 0.6) is 0 Å². The summed E-state index contributed by atoms with van der Waals surface area (Å²) in [6, 6.07) is 0.110. The van der Waals surface area contributed by atoms with Crippen LogP contribution < -0.4 is 16.4 Å². The van der Waals surface area contributed by atoms with Crippen LogP contribution in [0.4, 0.5) is 4.79 Å². The summed E-state index contributed by atoms with van der Waals surface area (Å²) >= 11 is 0. The van der Waals surface area contributed by atoms with Gasteiger partial charge in [-0.3, -0.25) is 0 Å². The predicted octanol–water partition coefficient (Wildman–Crippen LogP) is 1.07. The molecular weight excluding hydrogens is 178 g/mol. The first-order valence-corrected chi connectivity index (χ1v) is 5.30. The molecule has 0 rings (SSSR count). The summed E-state index contributed by atoms with van der Waals surface area (Å²) in [6.07, 6.45) is 2.06. The average Bonchev–Trinajstić information content (AvgIpc) is 2.10. The molecule has 4 heteroatoms. The smallest absolute Gasteiger partial charge is 0.314 e. The Kier molecular flexibility index (Phi) is 7.20. The Morgan fingerprint density at radius 2 is 2.00 bits per heavy atom. The summed E-state index contributed by atoms with van der Waals surface area (Å²) in [5.74, 6) is 0.546. The third-order valence-corrected chi connectivity index (χ3v) is 1.98. The molecule has 0 radical (unpaired) electrons. The summed E-state index contributed by atoms with van der Waals surface area (Å²) < 4.78 is 0. The van der Waals surface area contributed by atoms with E-state index in [1.54, 1.807) is 0 Å². The van der Waals surface area contributed by atoms with Gasteiger partial charge < -0.3 is 16.4 Å². The van der Waals surface area contributed by atoms with Crippen molar-refractivity contribution in [3.05, 3.63) is 0 Å². The van der Waals surface area contributed by atoms with Crippen molar-refractivity contribution in [3.63, 3.8) is 0 Å². The SMILES string of the molecule is CC(CN)CCCNC(=O)NC(C)C. The second kappa shape index (κ2) is 7.62. The maximum atomic E-state index is 11.1. The monoisotopic (exact) mass is 201 g/mol. The summed E-state index contributed by atoms with van der Waals surface area (Å²) in [6.45, 7) is 7.45. The van der Waals surface area contributed by atoms with Gasteiger partial charge in [-0.05, 0) is 39.2 Å². The Bertz CT molecular complexity index is 159. The number of hydrogen-bond acceptors (Lipinski definition) is 2. The second-order valence-electron chi connectivity index (χ2n) is 4.04. The molecule has 84 valence electrons. The molecule has 0 aromatic heterocycles. The first-order valence-electron chi connectivity index (χ1n) is 5.30. The van der Waals surface area contributed by atoms with Crippen molar-refractivity contribution in [2.75, 3.05) is 13.1 Å². The lowest BCUT2D eigenvalue weighted by Crippen LogP contribution is -2.39.